The summed E-state index contributed by atoms with van der Waals surface area (Å²) in [5.74, 6) is 0. The number of nitrogens with zero attached hydrogens (tertiary/aromatic N) is 1. The Morgan fingerprint density at radius 2 is 1.81 bits per heavy atom. The van der Waals surface area contributed by atoms with Crippen molar-refractivity contribution < 1.29 is 5.11 Å². The number of aliphatic hydroxyl groups excluding tert-OH is 1. The molecule has 1 unspecified atom stereocenters. The molecule has 1 atom stereocenters. The van der Waals surface area contributed by atoms with E-state index in [0.717, 1.165) is 33.3 Å². The minimum atomic E-state index is 0.0626. The highest BCUT2D eigenvalue weighted by atomic mass is 16.3. The molecule has 3 rings (SSSR count). The SMILES string of the molecule is Cc1cccc(-c2cccc3c2ccn3C(C)CO)c1N. The quantitative estimate of drug-likeness (QED) is 0.718. The highest BCUT2D eigenvalue weighted by molar-refractivity contribution is 5.98. The molecule has 0 aliphatic heterocycles. The molecule has 0 radical (unpaired) electrons. The molecule has 0 amide bonds. The molecular formula is C18H20N2O. The summed E-state index contributed by atoms with van der Waals surface area (Å²) < 4.78 is 2.10. The van der Waals surface area contributed by atoms with Crippen molar-refractivity contribution in [2.45, 2.75) is 19.9 Å². The van der Waals surface area contributed by atoms with Gasteiger partial charge >= 0.3 is 0 Å². The first-order chi connectivity index (χ1) is 10.1. The average Bonchev–Trinajstić information content (AvgIpc) is 2.93. The van der Waals surface area contributed by atoms with E-state index in [9.17, 15) is 5.11 Å². The van der Waals surface area contributed by atoms with Crippen LogP contribution in [-0.4, -0.2) is 16.3 Å². The third kappa shape index (κ3) is 2.20. The van der Waals surface area contributed by atoms with Gasteiger partial charge in [0.05, 0.1) is 12.6 Å². The molecule has 0 aliphatic rings. The van der Waals surface area contributed by atoms with E-state index >= 15 is 0 Å². The molecule has 0 bridgehead atoms. The largest absolute Gasteiger partial charge is 0.398 e. The van der Waals surface area contributed by atoms with Crippen molar-refractivity contribution in [3.8, 4) is 11.1 Å². The maximum Gasteiger partial charge on any atom is 0.0636 e. The lowest BCUT2D eigenvalue weighted by Crippen LogP contribution is -2.07. The van der Waals surface area contributed by atoms with Crippen molar-refractivity contribution >= 4 is 16.6 Å². The van der Waals surface area contributed by atoms with Gasteiger partial charge in [-0.2, -0.15) is 0 Å². The van der Waals surface area contributed by atoms with E-state index in [4.69, 9.17) is 5.73 Å². The lowest BCUT2D eigenvalue weighted by Gasteiger charge is -2.14. The van der Waals surface area contributed by atoms with E-state index in [-0.39, 0.29) is 12.6 Å². The van der Waals surface area contributed by atoms with Gasteiger partial charge in [0.15, 0.2) is 0 Å². The molecule has 3 heteroatoms. The van der Waals surface area contributed by atoms with Crippen molar-refractivity contribution in [1.29, 1.82) is 0 Å². The van der Waals surface area contributed by atoms with Crippen LogP contribution in [0.15, 0.2) is 48.7 Å². The maximum absolute atomic E-state index is 9.39. The maximum atomic E-state index is 9.39. The predicted octanol–water partition coefficient (Wildman–Crippen LogP) is 3.75. The van der Waals surface area contributed by atoms with E-state index in [2.05, 4.69) is 28.8 Å². The van der Waals surface area contributed by atoms with Crippen LogP contribution in [0.2, 0.25) is 0 Å². The van der Waals surface area contributed by atoms with E-state index in [1.165, 1.54) is 0 Å². The van der Waals surface area contributed by atoms with Crippen LogP contribution in [0, 0.1) is 6.92 Å². The van der Waals surface area contributed by atoms with Crippen LogP contribution in [0.4, 0.5) is 5.69 Å². The summed E-state index contributed by atoms with van der Waals surface area (Å²) in [6.45, 7) is 4.16. The van der Waals surface area contributed by atoms with Crippen molar-refractivity contribution in [1.82, 2.24) is 4.57 Å². The minimum Gasteiger partial charge on any atom is -0.398 e. The number of benzene rings is 2. The highest BCUT2D eigenvalue weighted by Gasteiger charge is 2.12. The number of aromatic nitrogens is 1. The zero-order valence-electron chi connectivity index (χ0n) is 12.4. The summed E-state index contributed by atoms with van der Waals surface area (Å²) in [6.07, 6.45) is 2.03. The lowest BCUT2D eigenvalue weighted by atomic mass is 9.98. The van der Waals surface area contributed by atoms with Gasteiger partial charge in [-0.25, -0.2) is 0 Å². The van der Waals surface area contributed by atoms with Crippen LogP contribution in [0.5, 0.6) is 0 Å². The molecule has 2 aromatic carbocycles. The molecule has 108 valence electrons. The molecule has 21 heavy (non-hydrogen) atoms. The number of aliphatic hydroxyl groups is 1. The number of hydrogen-bond donors (Lipinski definition) is 2. The minimum absolute atomic E-state index is 0.0626. The molecular weight excluding hydrogens is 260 g/mol. The van der Waals surface area contributed by atoms with Gasteiger partial charge in [0, 0.05) is 28.4 Å². The number of fused-ring (bicyclic) bond motifs is 1. The molecule has 3 N–H and O–H groups in total. The molecule has 0 saturated heterocycles. The highest BCUT2D eigenvalue weighted by Crippen LogP contribution is 2.35. The first-order valence-electron chi connectivity index (χ1n) is 7.19. The first kappa shape index (κ1) is 13.7. The Balaban J connectivity index is 2.25. The standard InChI is InChI=1S/C18H20N2O/c1-12-5-3-7-16(18(12)19)14-6-4-8-17-15(14)9-10-20(17)13(2)11-21/h3-10,13,21H,11,19H2,1-2H3. The van der Waals surface area contributed by atoms with Gasteiger partial charge in [-0.05, 0) is 37.1 Å². The topological polar surface area (TPSA) is 51.2 Å². The normalized spacial score (nSPS) is 12.7. The summed E-state index contributed by atoms with van der Waals surface area (Å²) in [5.41, 5.74) is 11.5. The Hall–Kier alpha value is -2.26. The molecule has 3 nitrogen and oxygen atoms in total. The fourth-order valence-electron chi connectivity index (χ4n) is 2.81. The lowest BCUT2D eigenvalue weighted by molar-refractivity contribution is 0.241. The number of rotatable bonds is 3. The van der Waals surface area contributed by atoms with Crippen molar-refractivity contribution in [2.75, 3.05) is 12.3 Å². The third-order valence-corrected chi connectivity index (χ3v) is 4.12. The fourth-order valence-corrected chi connectivity index (χ4v) is 2.81. The fraction of sp³-hybridized carbons (Fsp3) is 0.222. The summed E-state index contributed by atoms with van der Waals surface area (Å²) in [5, 5.41) is 10.6. The second-order valence-corrected chi connectivity index (χ2v) is 5.53. The van der Waals surface area contributed by atoms with Crippen molar-refractivity contribution in [3.05, 3.63) is 54.2 Å². The molecule has 0 aliphatic carbocycles. The monoisotopic (exact) mass is 280 g/mol. The smallest absolute Gasteiger partial charge is 0.0636 e. The van der Waals surface area contributed by atoms with Crippen LogP contribution < -0.4 is 5.73 Å². The van der Waals surface area contributed by atoms with Crippen LogP contribution >= 0.6 is 0 Å². The molecule has 0 saturated carbocycles. The van der Waals surface area contributed by atoms with E-state index in [0.29, 0.717) is 0 Å². The number of nitrogen functional groups attached to an aromatic ring is 1. The summed E-state index contributed by atoms with van der Waals surface area (Å²) in [7, 11) is 0. The Morgan fingerprint density at radius 1 is 1.10 bits per heavy atom. The van der Waals surface area contributed by atoms with Gasteiger partial charge in [0.25, 0.3) is 0 Å². The molecule has 1 aromatic heterocycles. The van der Waals surface area contributed by atoms with Crippen molar-refractivity contribution in [2.24, 2.45) is 0 Å². The number of aryl methyl sites for hydroxylation is 1. The number of nitrogens with two attached hydrogens (primary N) is 1. The van der Waals surface area contributed by atoms with E-state index in [1.54, 1.807) is 0 Å². The Labute approximate surface area is 124 Å². The van der Waals surface area contributed by atoms with Gasteiger partial charge in [-0.3, -0.25) is 0 Å². The Bertz CT molecular complexity index is 789. The van der Waals surface area contributed by atoms with Crippen LogP contribution in [-0.2, 0) is 0 Å². The van der Waals surface area contributed by atoms with Crippen molar-refractivity contribution in [3.63, 3.8) is 0 Å². The Kier molecular flexibility index (Phi) is 3.43. The molecule has 0 spiro atoms. The zero-order valence-corrected chi connectivity index (χ0v) is 12.4. The number of para-hydroxylation sites is 1. The molecule has 0 fully saturated rings. The van der Waals surface area contributed by atoms with E-state index in [1.807, 2.05) is 38.2 Å². The summed E-state index contributed by atoms with van der Waals surface area (Å²) in [6, 6.07) is 14.5. The van der Waals surface area contributed by atoms with Gasteiger partial charge in [0.1, 0.15) is 0 Å². The average molecular weight is 280 g/mol. The summed E-state index contributed by atoms with van der Waals surface area (Å²) >= 11 is 0. The Morgan fingerprint density at radius 3 is 2.57 bits per heavy atom. The van der Waals surface area contributed by atoms with Crippen LogP contribution in [0.1, 0.15) is 18.5 Å². The van der Waals surface area contributed by atoms with Gasteiger partial charge in [-0.1, -0.05) is 30.3 Å². The van der Waals surface area contributed by atoms with Crippen LogP contribution in [0.3, 0.4) is 0 Å². The van der Waals surface area contributed by atoms with Gasteiger partial charge in [0.2, 0.25) is 0 Å². The van der Waals surface area contributed by atoms with E-state index < -0.39 is 0 Å². The summed E-state index contributed by atoms with van der Waals surface area (Å²) in [4.78, 5) is 0. The van der Waals surface area contributed by atoms with Gasteiger partial charge in [-0.15, -0.1) is 0 Å². The van der Waals surface area contributed by atoms with Crippen LogP contribution in [0.25, 0.3) is 22.0 Å². The number of hydrogen-bond acceptors (Lipinski definition) is 2. The molecule has 1 heterocycles. The second kappa shape index (κ2) is 5.26. The predicted molar refractivity (Wildman–Crippen MR) is 88.3 cm³/mol. The van der Waals surface area contributed by atoms with Gasteiger partial charge < -0.3 is 15.4 Å². The number of anilines is 1. The zero-order chi connectivity index (χ0) is 15.0. The second-order valence-electron chi connectivity index (χ2n) is 5.53. The first-order valence-corrected chi connectivity index (χ1v) is 7.19. The molecule has 3 aromatic rings. The third-order valence-electron chi connectivity index (χ3n) is 4.12.